The first-order chi connectivity index (χ1) is 17.6. The molecule has 1 aromatic carbocycles. The molecular weight excluding hydrogens is 517 g/mol. The Balaban J connectivity index is 0.00000154. The lowest BCUT2D eigenvalue weighted by atomic mass is 9.87. The van der Waals surface area contributed by atoms with Gasteiger partial charge in [-0.3, -0.25) is 4.39 Å². The van der Waals surface area contributed by atoms with Crippen LogP contribution in [0.3, 0.4) is 0 Å². The molecule has 1 N–H and O–H groups in total. The summed E-state index contributed by atoms with van der Waals surface area (Å²) in [5.41, 5.74) is 7.26. The van der Waals surface area contributed by atoms with Crippen LogP contribution in [0, 0.1) is 0 Å². The maximum atomic E-state index is 13.1. The Morgan fingerprint density at radius 1 is 1.13 bits per heavy atom. The number of aryl methyl sites for hydroxylation is 1. The zero-order chi connectivity index (χ0) is 27.8. The van der Waals surface area contributed by atoms with E-state index in [0.717, 1.165) is 50.8 Å². The molecule has 2 unspecified atom stereocenters. The second-order valence-electron chi connectivity index (χ2n) is 9.24. The first kappa shape index (κ1) is 36.4. The fraction of sp³-hybridized carbons (Fsp3) is 0.600. The van der Waals surface area contributed by atoms with Crippen LogP contribution in [-0.2, 0) is 17.8 Å². The van der Waals surface area contributed by atoms with Gasteiger partial charge in [-0.2, -0.15) is 25.8 Å². The number of allylic oxidation sites excluding steroid dienone is 4. The zero-order valence-electron chi connectivity index (χ0n) is 22.4. The summed E-state index contributed by atoms with van der Waals surface area (Å²) in [6.07, 6.45) is 10.1. The number of hydrogen-bond donors (Lipinski definition) is 2. The van der Waals surface area contributed by atoms with Crippen molar-refractivity contribution in [3.63, 3.8) is 0 Å². The molecule has 2 atom stereocenters. The summed E-state index contributed by atoms with van der Waals surface area (Å²) in [5, 5.41) is 3.25. The molecule has 218 valence electrons. The zero-order valence-corrected chi connectivity index (χ0v) is 23.3. The van der Waals surface area contributed by atoms with Gasteiger partial charge in [0.1, 0.15) is 6.67 Å². The fourth-order valence-corrected chi connectivity index (χ4v) is 4.36. The lowest BCUT2D eigenvalue weighted by Gasteiger charge is -2.24. The van der Waals surface area contributed by atoms with Crippen molar-refractivity contribution >= 4 is 18.2 Å². The molecule has 0 spiro atoms. The highest BCUT2D eigenvalue weighted by atomic mass is 32.1. The van der Waals surface area contributed by atoms with Gasteiger partial charge in [-0.05, 0) is 99.6 Å². The molecule has 0 saturated heterocycles. The minimum Gasteiger partial charge on any atom is -0.371 e. The van der Waals surface area contributed by atoms with E-state index in [1.54, 1.807) is 6.26 Å². The van der Waals surface area contributed by atoms with Crippen molar-refractivity contribution in [2.24, 2.45) is 0 Å². The highest BCUT2D eigenvalue weighted by Gasteiger charge is 2.21. The van der Waals surface area contributed by atoms with Gasteiger partial charge < -0.3 is 10.1 Å². The Bertz CT molecular complexity index is 889. The van der Waals surface area contributed by atoms with Gasteiger partial charge in [0, 0.05) is 6.92 Å². The molecule has 8 heteroatoms. The number of hydrogen-bond acceptors (Lipinski definition) is 3. The van der Waals surface area contributed by atoms with Gasteiger partial charge in [-0.15, -0.1) is 0 Å². The second kappa shape index (κ2) is 19.4. The van der Waals surface area contributed by atoms with Gasteiger partial charge in [0.25, 0.3) is 0 Å². The van der Waals surface area contributed by atoms with Crippen LogP contribution in [0.5, 0.6) is 0 Å². The van der Waals surface area contributed by atoms with Gasteiger partial charge in [0.2, 0.25) is 0 Å². The van der Waals surface area contributed by atoms with Crippen molar-refractivity contribution in [3.05, 3.63) is 64.3 Å². The molecule has 0 aliphatic heterocycles. The largest absolute Gasteiger partial charge is 0.386 e. The summed E-state index contributed by atoms with van der Waals surface area (Å²) in [5.74, 6) is 0. The van der Waals surface area contributed by atoms with Crippen LogP contribution < -0.4 is 5.32 Å². The summed E-state index contributed by atoms with van der Waals surface area (Å²) < 4.78 is 62.5. The number of fused-ring (bicyclic) bond motifs is 1. The maximum absolute atomic E-state index is 13.1. The summed E-state index contributed by atoms with van der Waals surface area (Å²) in [7, 11) is 0. The van der Waals surface area contributed by atoms with Crippen molar-refractivity contribution < 1.29 is 26.7 Å². The summed E-state index contributed by atoms with van der Waals surface area (Å²) in [6.45, 7) is 5.41. The number of alkyl halides is 5. The fourth-order valence-electron chi connectivity index (χ4n) is 4.36. The minimum atomic E-state index is -4.00. The van der Waals surface area contributed by atoms with E-state index >= 15 is 0 Å². The Morgan fingerprint density at radius 2 is 1.82 bits per heavy atom. The van der Waals surface area contributed by atoms with Crippen LogP contribution in [0.15, 0.2) is 47.6 Å². The van der Waals surface area contributed by atoms with Crippen LogP contribution in [0.2, 0.25) is 0 Å². The minimum absolute atomic E-state index is 0. The van der Waals surface area contributed by atoms with Crippen molar-refractivity contribution in [2.75, 3.05) is 26.0 Å². The third-order valence-electron chi connectivity index (χ3n) is 5.99. The molecule has 0 saturated carbocycles. The first-order valence-electron chi connectivity index (χ1n) is 12.8. The number of thiol groups is 1. The molecule has 0 amide bonds. The highest BCUT2D eigenvalue weighted by molar-refractivity contribution is 7.79. The standard InChI is InChI=1S/C26H35F2NO.C2H3F3.CH4S.CH4/c1-19-5-3-6-23-17-21(18-28)7-12-25(23)26(19)22-8-10-24(11-9-22)30-20(2)13-16-29-15-4-14-27;1-2(3,4)5;1-2;/h7-10,12,17,20,24,29H,3-6,11,13-16,18H2,1-2H3;1H3;2H,1H3;1H4. The van der Waals surface area contributed by atoms with Crippen molar-refractivity contribution in [1.29, 1.82) is 0 Å². The van der Waals surface area contributed by atoms with E-state index in [4.69, 9.17) is 4.74 Å². The van der Waals surface area contributed by atoms with Crippen LogP contribution in [0.4, 0.5) is 22.0 Å². The third kappa shape index (κ3) is 13.9. The molecule has 0 bridgehead atoms. The lowest BCUT2D eigenvalue weighted by Crippen LogP contribution is -2.25. The number of halogens is 5. The molecule has 38 heavy (non-hydrogen) atoms. The summed E-state index contributed by atoms with van der Waals surface area (Å²) >= 11 is 3.53. The second-order valence-corrected chi connectivity index (χ2v) is 9.24. The number of nitrogens with one attached hydrogen (secondary N) is 1. The van der Waals surface area contributed by atoms with E-state index in [9.17, 15) is 22.0 Å². The molecule has 0 aromatic heterocycles. The monoisotopic (exact) mass is 563 g/mol. The van der Waals surface area contributed by atoms with Gasteiger partial charge in [0.15, 0.2) is 0 Å². The number of benzene rings is 1. The Morgan fingerprint density at radius 3 is 2.39 bits per heavy atom. The van der Waals surface area contributed by atoms with E-state index in [2.05, 4.69) is 56.1 Å². The molecule has 2 nitrogen and oxygen atoms in total. The average Bonchev–Trinajstić information content (AvgIpc) is 3.02. The maximum Gasteiger partial charge on any atom is 0.386 e. The summed E-state index contributed by atoms with van der Waals surface area (Å²) in [6, 6.07) is 6.06. The normalized spacial score (nSPS) is 17.5. The number of ether oxygens (including phenoxy) is 1. The lowest BCUT2D eigenvalue weighted by molar-refractivity contribution is -0.110. The van der Waals surface area contributed by atoms with E-state index in [-0.39, 0.29) is 33.2 Å². The molecule has 3 rings (SSSR count). The molecule has 0 heterocycles. The van der Waals surface area contributed by atoms with E-state index in [1.165, 1.54) is 27.8 Å². The van der Waals surface area contributed by atoms with Crippen LogP contribution in [0.1, 0.15) is 77.0 Å². The quantitative estimate of drug-likeness (QED) is 0.168. The van der Waals surface area contributed by atoms with Gasteiger partial charge in [-0.1, -0.05) is 49.4 Å². The van der Waals surface area contributed by atoms with Crippen LogP contribution in [0.25, 0.3) is 5.57 Å². The molecule has 0 fully saturated rings. The predicted octanol–water partition coefficient (Wildman–Crippen LogP) is 9.02. The predicted molar refractivity (Wildman–Crippen MR) is 154 cm³/mol. The Hall–Kier alpha value is -1.64. The SMILES string of the molecule is C.CC(F)(F)F.CC1=C(C2=CCC(OC(C)CCNCCCF)C=C2)c2ccc(CF)cc2CCC1.CS. The molecular formula is C30H46F5NOS. The molecule has 0 radical (unpaired) electrons. The Kier molecular flexibility index (Phi) is 18.6. The van der Waals surface area contributed by atoms with Crippen molar-refractivity contribution in [1.82, 2.24) is 5.32 Å². The average molecular weight is 564 g/mol. The topological polar surface area (TPSA) is 21.3 Å². The third-order valence-corrected chi connectivity index (χ3v) is 5.99. The highest BCUT2D eigenvalue weighted by Crippen LogP contribution is 2.37. The first-order valence-corrected chi connectivity index (χ1v) is 13.7. The van der Waals surface area contributed by atoms with Crippen LogP contribution >= 0.6 is 12.6 Å². The van der Waals surface area contributed by atoms with Crippen molar-refractivity contribution in [2.45, 2.75) is 91.8 Å². The van der Waals surface area contributed by atoms with E-state index < -0.39 is 12.9 Å². The molecule has 2 aliphatic carbocycles. The Labute approximate surface area is 232 Å². The van der Waals surface area contributed by atoms with Gasteiger partial charge in [-0.25, -0.2) is 4.39 Å². The van der Waals surface area contributed by atoms with E-state index in [0.29, 0.717) is 6.42 Å². The van der Waals surface area contributed by atoms with E-state index in [1.807, 2.05) is 12.1 Å². The smallest absolute Gasteiger partial charge is 0.371 e. The van der Waals surface area contributed by atoms with Gasteiger partial charge in [0.05, 0.1) is 18.9 Å². The van der Waals surface area contributed by atoms with Crippen LogP contribution in [-0.4, -0.2) is 44.4 Å². The molecule has 1 aromatic rings. The van der Waals surface area contributed by atoms with Crippen molar-refractivity contribution in [3.8, 4) is 0 Å². The molecule has 2 aliphatic rings. The number of rotatable bonds is 10. The summed E-state index contributed by atoms with van der Waals surface area (Å²) in [4.78, 5) is 0. The van der Waals surface area contributed by atoms with Gasteiger partial charge >= 0.3 is 6.18 Å².